The number of fused-ring (bicyclic) bond motifs is 2. The van der Waals surface area contributed by atoms with Gasteiger partial charge in [0.05, 0.1) is 5.56 Å². The van der Waals surface area contributed by atoms with Crippen LogP contribution in [-0.2, 0) is 0 Å². The average molecular weight is 362 g/mol. The minimum absolute atomic E-state index is 0.00374. The first-order valence-electron chi connectivity index (χ1n) is 8.02. The summed E-state index contributed by atoms with van der Waals surface area (Å²) in [7, 11) is 0. The summed E-state index contributed by atoms with van der Waals surface area (Å²) in [5.41, 5.74) is 4.64. The zero-order chi connectivity index (χ0) is 19.1. The topological polar surface area (TPSA) is 126 Å². The number of rotatable bonds is 3. The lowest BCUT2D eigenvalue weighted by atomic mass is 9.90. The Morgan fingerprint density at radius 3 is 2.52 bits per heavy atom. The number of phenolic OH excluding ortho intramolecular Hbond substituents is 1. The second-order valence-electron chi connectivity index (χ2n) is 6.03. The van der Waals surface area contributed by atoms with Crippen LogP contribution in [0.1, 0.15) is 10.4 Å². The molecule has 0 saturated heterocycles. The molecular formula is C20H14N2O5. The van der Waals surface area contributed by atoms with E-state index in [0.29, 0.717) is 39.1 Å². The highest BCUT2D eigenvalue weighted by molar-refractivity contribution is 6.08. The fourth-order valence-electron chi connectivity index (χ4n) is 3.18. The van der Waals surface area contributed by atoms with Crippen LogP contribution in [0.15, 0.2) is 63.8 Å². The largest absolute Gasteiger partial charge is 0.508 e. The second-order valence-corrected chi connectivity index (χ2v) is 6.03. The lowest BCUT2D eigenvalue weighted by Crippen LogP contribution is -2.09. The number of nitrogens with one attached hydrogen (secondary N) is 1. The number of nitrogen functional groups attached to an aromatic ring is 1. The molecule has 0 aromatic heterocycles. The van der Waals surface area contributed by atoms with Crippen molar-refractivity contribution in [3.63, 3.8) is 0 Å². The van der Waals surface area contributed by atoms with Gasteiger partial charge in [-0.25, -0.2) is 4.79 Å². The summed E-state index contributed by atoms with van der Waals surface area (Å²) < 4.78 is 5.78. The number of benzene rings is 3. The number of hydrogen-bond donors (Lipinski definition) is 4. The van der Waals surface area contributed by atoms with Crippen molar-refractivity contribution in [1.29, 1.82) is 0 Å². The third-order valence-electron chi connectivity index (χ3n) is 4.36. The number of carbonyl (C=O) groups is 1. The molecule has 7 nitrogen and oxygen atoms in total. The maximum absolute atomic E-state index is 11.9. The number of carboxylic acid groups (broad SMARTS) is 1. The van der Waals surface area contributed by atoms with Gasteiger partial charge in [-0.1, -0.05) is 6.07 Å². The van der Waals surface area contributed by atoms with Gasteiger partial charge in [-0.05, 0) is 42.0 Å². The Balaban J connectivity index is 2.18. The predicted molar refractivity (Wildman–Crippen MR) is 101 cm³/mol. The monoisotopic (exact) mass is 362 g/mol. The van der Waals surface area contributed by atoms with Crippen molar-refractivity contribution in [1.82, 2.24) is 0 Å². The molecule has 0 amide bonds. The minimum atomic E-state index is -1.12. The summed E-state index contributed by atoms with van der Waals surface area (Å²) in [5.74, 6) is 4.58. The van der Waals surface area contributed by atoms with Gasteiger partial charge in [0.1, 0.15) is 17.1 Å². The molecule has 5 N–H and O–H groups in total. The van der Waals surface area contributed by atoms with Crippen molar-refractivity contribution < 1.29 is 19.4 Å². The third kappa shape index (κ3) is 2.76. The Morgan fingerprint density at radius 2 is 1.78 bits per heavy atom. The first-order valence-corrected chi connectivity index (χ1v) is 8.02. The number of hydrazine groups is 1. The number of aromatic carboxylic acids is 1. The lowest BCUT2D eigenvalue weighted by molar-refractivity contribution is 0.0698. The summed E-state index contributed by atoms with van der Waals surface area (Å²) in [6.07, 6.45) is 0. The summed E-state index contributed by atoms with van der Waals surface area (Å²) in [6.45, 7) is 0. The molecule has 27 heavy (non-hydrogen) atoms. The Bertz CT molecular complexity index is 1230. The molecule has 1 aliphatic carbocycles. The molecule has 1 aliphatic heterocycles. The van der Waals surface area contributed by atoms with Crippen LogP contribution >= 0.6 is 0 Å². The highest BCUT2D eigenvalue weighted by atomic mass is 16.4. The van der Waals surface area contributed by atoms with Crippen LogP contribution in [0, 0.1) is 0 Å². The number of hydrogen-bond acceptors (Lipinski definition) is 6. The lowest BCUT2D eigenvalue weighted by Gasteiger charge is -2.17. The smallest absolute Gasteiger partial charge is 0.336 e. The van der Waals surface area contributed by atoms with E-state index in [4.69, 9.17) is 10.3 Å². The van der Waals surface area contributed by atoms with Crippen molar-refractivity contribution in [2.24, 2.45) is 5.84 Å². The van der Waals surface area contributed by atoms with Crippen molar-refractivity contribution in [2.45, 2.75) is 0 Å². The van der Waals surface area contributed by atoms with Crippen molar-refractivity contribution in [3.05, 3.63) is 70.4 Å². The van der Waals surface area contributed by atoms with E-state index in [9.17, 15) is 19.8 Å². The summed E-state index contributed by atoms with van der Waals surface area (Å²) in [5, 5.41) is 20.1. The molecule has 134 valence electrons. The number of anilines is 1. The molecule has 2 aromatic carbocycles. The van der Waals surface area contributed by atoms with E-state index in [1.165, 1.54) is 30.3 Å². The molecule has 0 spiro atoms. The molecule has 7 heteroatoms. The normalized spacial score (nSPS) is 11.0. The van der Waals surface area contributed by atoms with Crippen molar-refractivity contribution >= 4 is 22.6 Å². The van der Waals surface area contributed by atoms with Gasteiger partial charge in [-0.15, -0.1) is 0 Å². The van der Waals surface area contributed by atoms with E-state index in [-0.39, 0.29) is 16.7 Å². The van der Waals surface area contributed by atoms with Gasteiger partial charge in [-0.2, -0.15) is 0 Å². The van der Waals surface area contributed by atoms with Gasteiger partial charge >= 0.3 is 5.97 Å². The molecule has 0 fully saturated rings. The second kappa shape index (κ2) is 6.15. The fourth-order valence-corrected chi connectivity index (χ4v) is 3.18. The van der Waals surface area contributed by atoms with Gasteiger partial charge in [-0.3, -0.25) is 10.6 Å². The van der Waals surface area contributed by atoms with Crippen LogP contribution in [0.3, 0.4) is 0 Å². The van der Waals surface area contributed by atoms with Gasteiger partial charge < -0.3 is 20.1 Å². The first-order chi connectivity index (χ1) is 13.0. The SMILES string of the molecule is NNc1ccc(-c2c3ccc(=O)cc-3oc3cc(O)ccc23)c(C(=O)O)c1. The highest BCUT2D eigenvalue weighted by Crippen LogP contribution is 2.42. The zero-order valence-corrected chi connectivity index (χ0v) is 13.9. The van der Waals surface area contributed by atoms with Crippen LogP contribution in [0.25, 0.3) is 33.4 Å². The van der Waals surface area contributed by atoms with Crippen LogP contribution in [0.5, 0.6) is 5.75 Å². The quantitative estimate of drug-likeness (QED) is 0.250. The summed E-state index contributed by atoms with van der Waals surface area (Å²) in [6, 6.07) is 13.6. The number of phenols is 1. The van der Waals surface area contributed by atoms with Crippen LogP contribution in [0.4, 0.5) is 5.69 Å². The highest BCUT2D eigenvalue weighted by Gasteiger charge is 2.22. The molecule has 4 rings (SSSR count). The molecule has 0 unspecified atom stereocenters. The van der Waals surface area contributed by atoms with E-state index in [2.05, 4.69) is 5.43 Å². The van der Waals surface area contributed by atoms with E-state index in [1.54, 1.807) is 24.3 Å². The Morgan fingerprint density at radius 1 is 1.00 bits per heavy atom. The van der Waals surface area contributed by atoms with Crippen molar-refractivity contribution in [3.8, 4) is 28.2 Å². The van der Waals surface area contributed by atoms with Gasteiger partial charge in [0.2, 0.25) is 0 Å². The molecule has 0 saturated carbocycles. The van der Waals surface area contributed by atoms with E-state index in [0.717, 1.165) is 0 Å². The maximum Gasteiger partial charge on any atom is 0.336 e. The average Bonchev–Trinajstić information content (AvgIpc) is 2.65. The van der Waals surface area contributed by atoms with E-state index in [1.807, 2.05) is 0 Å². The third-order valence-corrected chi connectivity index (χ3v) is 4.36. The summed E-state index contributed by atoms with van der Waals surface area (Å²) in [4.78, 5) is 23.6. The molecular weight excluding hydrogens is 348 g/mol. The predicted octanol–water partition coefficient (Wildman–Crippen LogP) is 3.25. The number of carboxylic acids is 1. The Labute approximate surface area is 152 Å². The van der Waals surface area contributed by atoms with Gasteiger partial charge in [0.25, 0.3) is 0 Å². The van der Waals surface area contributed by atoms with Crippen LogP contribution < -0.4 is 16.7 Å². The number of aromatic hydroxyl groups is 1. The Kier molecular flexibility index (Phi) is 3.79. The first kappa shape index (κ1) is 16.6. The van der Waals surface area contributed by atoms with Gasteiger partial charge in [0, 0.05) is 34.3 Å². The molecule has 0 atom stereocenters. The molecule has 1 heterocycles. The van der Waals surface area contributed by atoms with E-state index >= 15 is 0 Å². The van der Waals surface area contributed by atoms with E-state index < -0.39 is 5.97 Å². The Hall–Kier alpha value is -3.84. The summed E-state index contributed by atoms with van der Waals surface area (Å²) >= 11 is 0. The van der Waals surface area contributed by atoms with Gasteiger partial charge in [0.15, 0.2) is 5.43 Å². The fraction of sp³-hybridized carbons (Fsp3) is 0. The molecule has 2 aliphatic rings. The molecule has 2 aromatic rings. The molecule has 0 bridgehead atoms. The van der Waals surface area contributed by atoms with Crippen LogP contribution in [0.2, 0.25) is 0 Å². The van der Waals surface area contributed by atoms with Crippen LogP contribution in [-0.4, -0.2) is 16.2 Å². The standard InChI is InChI=1S/C20H14N2O5/c21-22-10-1-4-13(16(7-10)20(25)26)19-14-5-2-11(23)8-17(14)27-18-9-12(24)3-6-15(18)19/h1-9,22-23H,21H2,(H,25,26). The van der Waals surface area contributed by atoms with Crippen molar-refractivity contribution in [2.75, 3.05) is 5.43 Å². The number of nitrogens with two attached hydrogens (primary N) is 1. The zero-order valence-electron chi connectivity index (χ0n) is 13.9. The molecule has 0 radical (unpaired) electrons. The maximum atomic E-state index is 11.9. The minimum Gasteiger partial charge on any atom is -0.508 e.